The van der Waals surface area contributed by atoms with Crippen LogP contribution >= 0.6 is 0 Å². The van der Waals surface area contributed by atoms with Crippen LogP contribution in [0.4, 0.5) is 10.5 Å². The number of hydrogen-bond donors (Lipinski definition) is 2. The van der Waals surface area contributed by atoms with Gasteiger partial charge in [-0.1, -0.05) is 32.0 Å². The van der Waals surface area contributed by atoms with E-state index in [-0.39, 0.29) is 12.6 Å². The molecule has 2 N–H and O–H groups in total. The summed E-state index contributed by atoms with van der Waals surface area (Å²) < 4.78 is 0. The number of anilines is 1. The van der Waals surface area contributed by atoms with E-state index in [0.717, 1.165) is 24.1 Å². The molecular weight excluding hydrogens is 244 g/mol. The van der Waals surface area contributed by atoms with Crippen molar-refractivity contribution in [3.05, 3.63) is 29.8 Å². The average molecular weight is 264 g/mol. The summed E-state index contributed by atoms with van der Waals surface area (Å²) >= 11 is 0. The fourth-order valence-electron chi connectivity index (χ4n) is 1.83. The van der Waals surface area contributed by atoms with Crippen molar-refractivity contribution in [1.29, 1.82) is 0 Å². The zero-order valence-corrected chi connectivity index (χ0v) is 11.3. The van der Waals surface area contributed by atoms with E-state index < -0.39 is 5.97 Å². The van der Waals surface area contributed by atoms with Crippen molar-refractivity contribution in [1.82, 2.24) is 4.90 Å². The van der Waals surface area contributed by atoms with E-state index in [0.29, 0.717) is 6.54 Å². The second-order valence-electron chi connectivity index (χ2n) is 4.26. The van der Waals surface area contributed by atoms with Crippen LogP contribution in [0.2, 0.25) is 0 Å². The Bertz CT molecular complexity index is 446. The van der Waals surface area contributed by atoms with Crippen molar-refractivity contribution in [2.24, 2.45) is 0 Å². The fourth-order valence-corrected chi connectivity index (χ4v) is 1.83. The molecule has 0 aliphatic carbocycles. The first kappa shape index (κ1) is 15.0. The summed E-state index contributed by atoms with van der Waals surface area (Å²) in [5.74, 6) is -1.01. The van der Waals surface area contributed by atoms with Crippen LogP contribution in [-0.2, 0) is 11.2 Å². The van der Waals surface area contributed by atoms with Crippen molar-refractivity contribution in [3.8, 4) is 0 Å². The first-order chi connectivity index (χ1) is 9.08. The molecule has 5 nitrogen and oxygen atoms in total. The van der Waals surface area contributed by atoms with Gasteiger partial charge in [-0.05, 0) is 24.5 Å². The van der Waals surface area contributed by atoms with Crippen LogP contribution in [0.1, 0.15) is 25.8 Å². The molecule has 0 radical (unpaired) electrons. The third-order valence-electron chi connectivity index (χ3n) is 2.75. The van der Waals surface area contributed by atoms with Crippen LogP contribution in [0.3, 0.4) is 0 Å². The molecule has 0 saturated carbocycles. The number of carbonyl (C=O) groups excluding carboxylic acids is 1. The number of carboxylic acid groups (broad SMARTS) is 1. The minimum Gasteiger partial charge on any atom is -0.480 e. The lowest BCUT2D eigenvalue weighted by Crippen LogP contribution is -2.39. The number of aliphatic carboxylic acids is 1. The van der Waals surface area contributed by atoms with E-state index in [4.69, 9.17) is 5.11 Å². The molecule has 0 bridgehead atoms. The van der Waals surface area contributed by atoms with Gasteiger partial charge in [-0.15, -0.1) is 0 Å². The monoisotopic (exact) mass is 264 g/mol. The van der Waals surface area contributed by atoms with Crippen molar-refractivity contribution in [2.75, 3.05) is 18.4 Å². The van der Waals surface area contributed by atoms with Crippen molar-refractivity contribution < 1.29 is 14.7 Å². The predicted molar refractivity (Wildman–Crippen MR) is 74.3 cm³/mol. The van der Waals surface area contributed by atoms with Crippen molar-refractivity contribution >= 4 is 17.7 Å². The molecule has 0 saturated heterocycles. The lowest BCUT2D eigenvalue weighted by atomic mass is 10.1. The number of rotatable bonds is 6. The number of amides is 2. The smallest absolute Gasteiger partial charge is 0.323 e. The Morgan fingerprint density at radius 1 is 1.26 bits per heavy atom. The van der Waals surface area contributed by atoms with E-state index in [1.54, 1.807) is 0 Å². The van der Waals surface area contributed by atoms with Gasteiger partial charge in [0.1, 0.15) is 6.54 Å². The van der Waals surface area contributed by atoms with Crippen LogP contribution in [0.5, 0.6) is 0 Å². The number of nitrogens with zero attached hydrogens (tertiary/aromatic N) is 1. The van der Waals surface area contributed by atoms with Crippen LogP contribution in [0.15, 0.2) is 24.3 Å². The molecule has 1 aromatic carbocycles. The van der Waals surface area contributed by atoms with Crippen LogP contribution < -0.4 is 5.32 Å². The molecule has 0 fully saturated rings. The van der Waals surface area contributed by atoms with Gasteiger partial charge in [0.05, 0.1) is 0 Å². The van der Waals surface area contributed by atoms with Gasteiger partial charge in [-0.2, -0.15) is 0 Å². The SMILES string of the molecule is CCCN(CC(=O)O)C(=O)Nc1ccccc1CC. The molecule has 2 amide bonds. The van der Waals surface area contributed by atoms with Crippen molar-refractivity contribution in [3.63, 3.8) is 0 Å². The van der Waals surface area contributed by atoms with Gasteiger partial charge in [0.15, 0.2) is 0 Å². The summed E-state index contributed by atoms with van der Waals surface area (Å²) in [4.78, 5) is 24.1. The minimum atomic E-state index is -1.01. The highest BCUT2D eigenvalue weighted by Gasteiger charge is 2.16. The number of hydrogen-bond acceptors (Lipinski definition) is 2. The molecule has 0 atom stereocenters. The molecule has 0 aliphatic heterocycles. The summed E-state index contributed by atoms with van der Waals surface area (Å²) in [6.07, 6.45) is 1.53. The van der Waals surface area contributed by atoms with Gasteiger partial charge < -0.3 is 15.3 Å². The summed E-state index contributed by atoms with van der Waals surface area (Å²) in [5, 5.41) is 11.6. The van der Waals surface area contributed by atoms with E-state index in [9.17, 15) is 9.59 Å². The topological polar surface area (TPSA) is 69.6 Å². The number of nitrogens with one attached hydrogen (secondary N) is 1. The zero-order chi connectivity index (χ0) is 14.3. The number of para-hydroxylation sites is 1. The molecular formula is C14H20N2O3. The highest BCUT2D eigenvalue weighted by Crippen LogP contribution is 2.16. The van der Waals surface area contributed by atoms with Gasteiger partial charge in [-0.25, -0.2) is 4.79 Å². The van der Waals surface area contributed by atoms with Crippen LogP contribution in [-0.4, -0.2) is 35.1 Å². The third-order valence-corrected chi connectivity index (χ3v) is 2.75. The second-order valence-corrected chi connectivity index (χ2v) is 4.26. The normalized spacial score (nSPS) is 10.0. The minimum absolute atomic E-state index is 0.284. The second kappa shape index (κ2) is 7.41. The fraction of sp³-hybridized carbons (Fsp3) is 0.429. The molecule has 0 heterocycles. The summed E-state index contributed by atoms with van der Waals surface area (Å²) in [5.41, 5.74) is 1.77. The lowest BCUT2D eigenvalue weighted by molar-refractivity contribution is -0.137. The molecule has 0 unspecified atom stereocenters. The highest BCUT2D eigenvalue weighted by molar-refractivity contribution is 5.92. The van der Waals surface area contributed by atoms with Gasteiger partial charge in [0.2, 0.25) is 0 Å². The standard InChI is InChI=1S/C14H20N2O3/c1-3-9-16(10-13(17)18)14(19)15-12-8-6-5-7-11(12)4-2/h5-8H,3-4,9-10H2,1-2H3,(H,15,19)(H,17,18). The molecule has 19 heavy (non-hydrogen) atoms. The maximum Gasteiger partial charge on any atom is 0.323 e. The average Bonchev–Trinajstić information content (AvgIpc) is 2.38. The van der Waals surface area contributed by atoms with Gasteiger partial charge in [-0.3, -0.25) is 4.79 Å². The largest absolute Gasteiger partial charge is 0.480 e. The summed E-state index contributed by atoms with van der Waals surface area (Å²) in [6.45, 7) is 4.05. The number of urea groups is 1. The van der Waals surface area contributed by atoms with Gasteiger partial charge in [0.25, 0.3) is 0 Å². The van der Waals surface area contributed by atoms with Gasteiger partial charge in [0, 0.05) is 12.2 Å². The first-order valence-electron chi connectivity index (χ1n) is 6.44. The third kappa shape index (κ3) is 4.62. The van der Waals surface area contributed by atoms with Crippen molar-refractivity contribution in [2.45, 2.75) is 26.7 Å². The first-order valence-corrected chi connectivity index (χ1v) is 6.44. The Morgan fingerprint density at radius 2 is 1.95 bits per heavy atom. The van der Waals surface area contributed by atoms with Crippen LogP contribution in [0.25, 0.3) is 0 Å². The lowest BCUT2D eigenvalue weighted by Gasteiger charge is -2.21. The number of aryl methyl sites for hydroxylation is 1. The molecule has 1 aromatic rings. The Balaban J connectivity index is 2.77. The molecule has 0 aromatic heterocycles. The summed E-state index contributed by atoms with van der Waals surface area (Å²) in [7, 11) is 0. The number of benzene rings is 1. The summed E-state index contributed by atoms with van der Waals surface area (Å²) in [6, 6.07) is 7.15. The number of carbonyl (C=O) groups is 2. The molecule has 0 aliphatic rings. The maximum absolute atomic E-state index is 12.1. The quantitative estimate of drug-likeness (QED) is 0.829. The molecule has 5 heteroatoms. The Labute approximate surface area is 113 Å². The maximum atomic E-state index is 12.1. The Kier molecular flexibility index (Phi) is 5.85. The van der Waals surface area contributed by atoms with E-state index in [1.165, 1.54) is 4.90 Å². The van der Waals surface area contributed by atoms with E-state index >= 15 is 0 Å². The Morgan fingerprint density at radius 3 is 2.53 bits per heavy atom. The Hall–Kier alpha value is -2.04. The molecule has 1 rings (SSSR count). The van der Waals surface area contributed by atoms with E-state index in [2.05, 4.69) is 5.32 Å². The molecule has 104 valence electrons. The van der Waals surface area contributed by atoms with E-state index in [1.807, 2.05) is 38.1 Å². The number of carboxylic acids is 1. The predicted octanol–water partition coefficient (Wildman–Crippen LogP) is 2.58. The van der Waals surface area contributed by atoms with Gasteiger partial charge >= 0.3 is 12.0 Å². The highest BCUT2D eigenvalue weighted by atomic mass is 16.4. The molecule has 0 spiro atoms. The zero-order valence-electron chi connectivity index (χ0n) is 11.3. The van der Waals surface area contributed by atoms with Crippen LogP contribution in [0, 0.1) is 0 Å².